The highest BCUT2D eigenvalue weighted by Crippen LogP contribution is 2.22. The Labute approximate surface area is 139 Å². The van der Waals surface area contributed by atoms with Crippen molar-refractivity contribution >= 4 is 15.9 Å². The van der Waals surface area contributed by atoms with Gasteiger partial charge in [0.25, 0.3) is 0 Å². The molecule has 1 unspecified atom stereocenters. The Morgan fingerprint density at radius 2 is 1.57 bits per heavy atom. The van der Waals surface area contributed by atoms with Gasteiger partial charge in [-0.3, -0.25) is 0 Å². The van der Waals surface area contributed by atoms with Crippen LogP contribution in [0.1, 0.15) is 70.3 Å². The molecular formula is C19H31BrO. The summed E-state index contributed by atoms with van der Waals surface area (Å²) < 4.78 is 1.17. The third-order valence-electron chi connectivity index (χ3n) is 4.19. The van der Waals surface area contributed by atoms with Gasteiger partial charge in [-0.15, -0.1) is 0 Å². The summed E-state index contributed by atoms with van der Waals surface area (Å²) in [7, 11) is 0. The van der Waals surface area contributed by atoms with Crippen LogP contribution >= 0.6 is 15.9 Å². The normalized spacial score (nSPS) is 12.5. The van der Waals surface area contributed by atoms with E-state index in [2.05, 4.69) is 41.1 Å². The minimum Gasteiger partial charge on any atom is -0.396 e. The number of hydrogen-bond acceptors (Lipinski definition) is 1. The van der Waals surface area contributed by atoms with Gasteiger partial charge in [-0.1, -0.05) is 92.4 Å². The summed E-state index contributed by atoms with van der Waals surface area (Å²) in [4.78, 5) is 0. The molecule has 1 nitrogen and oxygen atoms in total. The molecule has 1 rings (SSSR count). The molecule has 0 aliphatic heterocycles. The van der Waals surface area contributed by atoms with Crippen molar-refractivity contribution in [3.8, 4) is 0 Å². The third-order valence-corrected chi connectivity index (χ3v) is 4.96. The van der Waals surface area contributed by atoms with Crippen LogP contribution in [0.25, 0.3) is 0 Å². The van der Waals surface area contributed by atoms with Crippen LogP contribution in [-0.4, -0.2) is 11.7 Å². The van der Waals surface area contributed by atoms with Crippen LogP contribution in [0.15, 0.2) is 28.7 Å². The van der Waals surface area contributed by atoms with E-state index in [1.807, 2.05) is 6.07 Å². The smallest absolute Gasteiger partial charge is 0.0462 e. The highest BCUT2D eigenvalue weighted by molar-refractivity contribution is 9.10. The first-order valence-corrected chi connectivity index (χ1v) is 9.41. The fraction of sp³-hybridized carbons (Fsp3) is 0.684. The number of halogens is 1. The van der Waals surface area contributed by atoms with Gasteiger partial charge in [0.2, 0.25) is 0 Å². The van der Waals surface area contributed by atoms with E-state index in [-0.39, 0.29) is 0 Å². The maximum absolute atomic E-state index is 9.56. The molecule has 0 saturated carbocycles. The van der Waals surface area contributed by atoms with Gasteiger partial charge in [-0.2, -0.15) is 0 Å². The second kappa shape index (κ2) is 12.2. The van der Waals surface area contributed by atoms with Gasteiger partial charge in [-0.05, 0) is 30.4 Å². The lowest BCUT2D eigenvalue weighted by atomic mass is 9.94. The fourth-order valence-electron chi connectivity index (χ4n) is 2.80. The SMILES string of the molecule is CCCCCCCCCCC(CO)Cc1ccccc1Br. The van der Waals surface area contributed by atoms with Crippen LogP contribution in [0.5, 0.6) is 0 Å². The average molecular weight is 355 g/mol. The Hall–Kier alpha value is -0.340. The molecule has 0 bridgehead atoms. The van der Waals surface area contributed by atoms with Gasteiger partial charge < -0.3 is 5.11 Å². The van der Waals surface area contributed by atoms with E-state index in [0.29, 0.717) is 12.5 Å². The number of benzene rings is 1. The molecule has 0 fully saturated rings. The molecule has 0 radical (unpaired) electrons. The monoisotopic (exact) mass is 354 g/mol. The van der Waals surface area contributed by atoms with Crippen molar-refractivity contribution in [3.63, 3.8) is 0 Å². The first-order chi connectivity index (χ1) is 10.3. The molecule has 1 atom stereocenters. The molecule has 0 amide bonds. The lowest BCUT2D eigenvalue weighted by Gasteiger charge is -2.15. The van der Waals surface area contributed by atoms with E-state index in [0.717, 1.165) is 12.8 Å². The predicted molar refractivity (Wildman–Crippen MR) is 95.6 cm³/mol. The van der Waals surface area contributed by atoms with Crippen LogP contribution < -0.4 is 0 Å². The Morgan fingerprint density at radius 3 is 2.19 bits per heavy atom. The minimum atomic E-state index is 0.303. The van der Waals surface area contributed by atoms with Crippen molar-refractivity contribution in [1.82, 2.24) is 0 Å². The molecule has 2 heteroatoms. The predicted octanol–water partition coefficient (Wildman–Crippen LogP) is 6.13. The number of aliphatic hydroxyl groups is 1. The average Bonchev–Trinajstić information content (AvgIpc) is 2.50. The number of hydrogen-bond donors (Lipinski definition) is 1. The zero-order chi connectivity index (χ0) is 15.3. The highest BCUT2D eigenvalue weighted by atomic mass is 79.9. The van der Waals surface area contributed by atoms with E-state index < -0.39 is 0 Å². The maximum atomic E-state index is 9.56. The fourth-order valence-corrected chi connectivity index (χ4v) is 3.25. The molecule has 120 valence electrons. The summed E-state index contributed by atoms with van der Waals surface area (Å²) in [6, 6.07) is 8.35. The first kappa shape index (κ1) is 18.7. The van der Waals surface area contributed by atoms with Gasteiger partial charge in [-0.25, -0.2) is 0 Å². The van der Waals surface area contributed by atoms with Crippen LogP contribution in [0.2, 0.25) is 0 Å². The van der Waals surface area contributed by atoms with Gasteiger partial charge in [0.1, 0.15) is 0 Å². The van der Waals surface area contributed by atoms with Crippen LogP contribution in [-0.2, 0) is 6.42 Å². The lowest BCUT2D eigenvalue weighted by Crippen LogP contribution is -2.10. The summed E-state index contributed by atoms with van der Waals surface area (Å²) in [5.74, 6) is 0.406. The molecule has 0 saturated heterocycles. The minimum absolute atomic E-state index is 0.303. The summed E-state index contributed by atoms with van der Waals surface area (Å²) in [6.07, 6.45) is 13.0. The molecule has 0 aromatic heterocycles. The van der Waals surface area contributed by atoms with Crippen LogP contribution in [0.3, 0.4) is 0 Å². The van der Waals surface area contributed by atoms with Crippen molar-refractivity contribution in [2.45, 2.75) is 71.1 Å². The van der Waals surface area contributed by atoms with Gasteiger partial charge >= 0.3 is 0 Å². The third kappa shape index (κ3) is 8.63. The second-order valence-electron chi connectivity index (χ2n) is 6.11. The summed E-state index contributed by atoms with van der Waals surface area (Å²) >= 11 is 3.60. The largest absolute Gasteiger partial charge is 0.396 e. The zero-order valence-electron chi connectivity index (χ0n) is 13.5. The van der Waals surface area contributed by atoms with Crippen molar-refractivity contribution in [3.05, 3.63) is 34.3 Å². The molecule has 0 heterocycles. The molecule has 0 spiro atoms. The molecule has 0 aliphatic rings. The lowest BCUT2D eigenvalue weighted by molar-refractivity contribution is 0.214. The second-order valence-corrected chi connectivity index (χ2v) is 6.96. The van der Waals surface area contributed by atoms with E-state index in [4.69, 9.17) is 0 Å². The van der Waals surface area contributed by atoms with E-state index in [1.54, 1.807) is 0 Å². The zero-order valence-corrected chi connectivity index (χ0v) is 15.1. The molecule has 1 aromatic carbocycles. The van der Waals surface area contributed by atoms with Gasteiger partial charge in [0.05, 0.1) is 0 Å². The van der Waals surface area contributed by atoms with Crippen molar-refractivity contribution in [1.29, 1.82) is 0 Å². The van der Waals surface area contributed by atoms with Crippen molar-refractivity contribution in [2.75, 3.05) is 6.61 Å². The van der Waals surface area contributed by atoms with E-state index in [9.17, 15) is 5.11 Å². The van der Waals surface area contributed by atoms with Crippen LogP contribution in [0, 0.1) is 5.92 Å². The van der Waals surface area contributed by atoms with Gasteiger partial charge in [0.15, 0.2) is 0 Å². The van der Waals surface area contributed by atoms with Crippen LogP contribution in [0.4, 0.5) is 0 Å². The van der Waals surface area contributed by atoms with E-state index in [1.165, 1.54) is 61.4 Å². The van der Waals surface area contributed by atoms with Crippen molar-refractivity contribution < 1.29 is 5.11 Å². The first-order valence-electron chi connectivity index (χ1n) is 8.62. The molecular weight excluding hydrogens is 324 g/mol. The molecule has 21 heavy (non-hydrogen) atoms. The maximum Gasteiger partial charge on any atom is 0.0462 e. The van der Waals surface area contributed by atoms with E-state index >= 15 is 0 Å². The summed E-state index contributed by atoms with van der Waals surface area (Å²) in [5.41, 5.74) is 1.32. The topological polar surface area (TPSA) is 20.2 Å². The standard InChI is InChI=1S/C19H31BrO/c1-2-3-4-5-6-7-8-9-12-17(16-21)15-18-13-10-11-14-19(18)20/h10-11,13-14,17,21H,2-9,12,15-16H2,1H3. The highest BCUT2D eigenvalue weighted by Gasteiger charge is 2.10. The molecule has 1 N–H and O–H groups in total. The molecule has 0 aliphatic carbocycles. The summed E-state index contributed by atoms with van der Waals surface area (Å²) in [6.45, 7) is 2.57. The Morgan fingerprint density at radius 1 is 0.952 bits per heavy atom. The summed E-state index contributed by atoms with van der Waals surface area (Å²) in [5, 5.41) is 9.56. The Bertz CT molecular complexity index is 364. The molecule has 1 aromatic rings. The Balaban J connectivity index is 2.13. The Kier molecular flexibility index (Phi) is 10.9. The number of unbranched alkanes of at least 4 members (excludes halogenated alkanes) is 7. The number of aliphatic hydroxyl groups excluding tert-OH is 1. The number of rotatable bonds is 12. The quantitative estimate of drug-likeness (QED) is 0.447. The van der Waals surface area contributed by atoms with Gasteiger partial charge in [0, 0.05) is 11.1 Å². The van der Waals surface area contributed by atoms with Crippen molar-refractivity contribution in [2.24, 2.45) is 5.92 Å².